The number of carbonyl (C=O) groups excluding carboxylic acids is 2. The molecule has 1 aliphatic carbocycles. The van der Waals surface area contributed by atoms with E-state index in [0.717, 1.165) is 29.7 Å². The molecule has 1 aliphatic rings. The van der Waals surface area contributed by atoms with Crippen LogP contribution in [0.25, 0.3) is 0 Å². The normalized spacial score (nSPS) is 15.7. The highest BCUT2D eigenvalue weighted by Crippen LogP contribution is 2.44. The van der Waals surface area contributed by atoms with E-state index in [0.29, 0.717) is 16.5 Å². The van der Waals surface area contributed by atoms with Gasteiger partial charge in [-0.15, -0.1) is 11.3 Å². The van der Waals surface area contributed by atoms with Crippen molar-refractivity contribution in [2.75, 3.05) is 19.0 Å². The van der Waals surface area contributed by atoms with E-state index in [9.17, 15) is 19.7 Å². The molecule has 1 N–H and O–H groups in total. The van der Waals surface area contributed by atoms with Gasteiger partial charge < -0.3 is 14.8 Å². The number of benzene rings is 1. The van der Waals surface area contributed by atoms with E-state index in [4.69, 9.17) is 9.47 Å². The standard InChI is InChI=1S/C22H26N2O6S/c1-22(2,3)13-9-10-14-17(11-13)31-20(19(14)21(26)29-4)23-18(25)12-30-16-8-6-5-7-15(16)24(27)28/h5-8,13H,9-12H2,1-4H3,(H,23,25)/t13-/m1/s1. The van der Waals surface area contributed by atoms with E-state index in [1.807, 2.05) is 0 Å². The van der Waals surface area contributed by atoms with Crippen LogP contribution in [0.5, 0.6) is 5.75 Å². The zero-order valence-corrected chi connectivity index (χ0v) is 18.8. The first kappa shape index (κ1) is 22.7. The Morgan fingerprint density at radius 2 is 2.00 bits per heavy atom. The maximum Gasteiger partial charge on any atom is 0.341 e. The number of rotatable bonds is 6. The number of esters is 1. The van der Waals surface area contributed by atoms with Gasteiger partial charge >= 0.3 is 11.7 Å². The molecule has 0 unspecified atom stereocenters. The lowest BCUT2D eigenvalue weighted by Gasteiger charge is -2.33. The van der Waals surface area contributed by atoms with E-state index in [2.05, 4.69) is 26.1 Å². The molecular formula is C22H26N2O6S. The summed E-state index contributed by atoms with van der Waals surface area (Å²) in [5, 5.41) is 14.3. The van der Waals surface area contributed by atoms with Gasteiger partial charge in [0.2, 0.25) is 0 Å². The van der Waals surface area contributed by atoms with Crippen LogP contribution in [0.3, 0.4) is 0 Å². The summed E-state index contributed by atoms with van der Waals surface area (Å²) in [4.78, 5) is 36.6. The maximum atomic E-state index is 12.5. The van der Waals surface area contributed by atoms with E-state index in [-0.39, 0.29) is 16.9 Å². The molecule has 1 amide bonds. The molecular weight excluding hydrogens is 420 g/mol. The predicted molar refractivity (Wildman–Crippen MR) is 118 cm³/mol. The Morgan fingerprint density at radius 3 is 2.65 bits per heavy atom. The summed E-state index contributed by atoms with van der Waals surface area (Å²) in [6.45, 7) is 6.21. The average Bonchev–Trinajstić information content (AvgIpc) is 3.08. The third-order valence-electron chi connectivity index (χ3n) is 5.55. The van der Waals surface area contributed by atoms with Crippen LogP contribution in [0, 0.1) is 21.4 Å². The van der Waals surface area contributed by atoms with Gasteiger partial charge in [-0.1, -0.05) is 32.9 Å². The third kappa shape index (κ3) is 5.04. The Bertz CT molecular complexity index is 1010. The fraction of sp³-hybridized carbons (Fsp3) is 0.455. The molecule has 0 bridgehead atoms. The molecule has 31 heavy (non-hydrogen) atoms. The molecule has 0 radical (unpaired) electrons. The SMILES string of the molecule is COC(=O)c1c(NC(=O)COc2ccccc2[N+](=O)[O-])sc2c1CC[C@@H](C(C)(C)C)C2. The number of ether oxygens (including phenoxy) is 2. The molecule has 0 saturated carbocycles. The number of methoxy groups -OCH3 is 1. The highest BCUT2D eigenvalue weighted by molar-refractivity contribution is 7.17. The Labute approximate surface area is 184 Å². The van der Waals surface area contributed by atoms with E-state index in [1.54, 1.807) is 6.07 Å². The van der Waals surface area contributed by atoms with Crippen molar-refractivity contribution >= 4 is 33.9 Å². The topological polar surface area (TPSA) is 108 Å². The minimum absolute atomic E-state index is 0.00864. The van der Waals surface area contributed by atoms with Crippen molar-refractivity contribution in [1.29, 1.82) is 0 Å². The lowest BCUT2D eigenvalue weighted by Crippen LogP contribution is -2.26. The second-order valence-corrected chi connectivity index (χ2v) is 9.67. The molecule has 9 heteroatoms. The van der Waals surface area contributed by atoms with Crippen molar-refractivity contribution in [3.63, 3.8) is 0 Å². The number of hydrogen-bond donors (Lipinski definition) is 1. The number of anilines is 1. The number of nitro groups is 1. The molecule has 0 fully saturated rings. The van der Waals surface area contributed by atoms with Gasteiger partial charge in [-0.05, 0) is 42.2 Å². The van der Waals surface area contributed by atoms with Crippen molar-refractivity contribution in [2.45, 2.75) is 40.0 Å². The summed E-state index contributed by atoms with van der Waals surface area (Å²) >= 11 is 1.39. The zero-order chi connectivity index (χ0) is 22.8. The number of thiophene rings is 1. The lowest BCUT2D eigenvalue weighted by molar-refractivity contribution is -0.385. The largest absolute Gasteiger partial charge is 0.477 e. The summed E-state index contributed by atoms with van der Waals surface area (Å²) in [7, 11) is 1.32. The fourth-order valence-corrected chi connectivity index (χ4v) is 5.10. The van der Waals surface area contributed by atoms with Crippen LogP contribution in [0.2, 0.25) is 0 Å². The molecule has 0 spiro atoms. The van der Waals surface area contributed by atoms with E-state index >= 15 is 0 Å². The van der Waals surface area contributed by atoms with Gasteiger partial charge in [0.1, 0.15) is 5.00 Å². The molecule has 166 valence electrons. The Morgan fingerprint density at radius 1 is 1.29 bits per heavy atom. The second kappa shape index (κ2) is 9.05. The van der Waals surface area contributed by atoms with Gasteiger partial charge in [-0.3, -0.25) is 14.9 Å². The van der Waals surface area contributed by atoms with Crippen LogP contribution in [0.4, 0.5) is 10.7 Å². The molecule has 8 nitrogen and oxygen atoms in total. The molecule has 0 saturated heterocycles. The first-order chi connectivity index (χ1) is 14.6. The Hall–Kier alpha value is -2.94. The fourth-order valence-electron chi connectivity index (χ4n) is 3.77. The number of para-hydroxylation sites is 2. The number of nitrogens with one attached hydrogen (secondary N) is 1. The predicted octanol–water partition coefficient (Wildman–Crippen LogP) is 4.61. The summed E-state index contributed by atoms with van der Waals surface area (Å²) in [6.07, 6.45) is 2.56. The molecule has 3 rings (SSSR count). The summed E-state index contributed by atoms with van der Waals surface area (Å²) in [5.41, 5.74) is 1.26. The first-order valence-corrected chi connectivity index (χ1v) is 10.8. The van der Waals surface area contributed by atoms with Gasteiger partial charge in [0.15, 0.2) is 12.4 Å². The number of hydrogen-bond acceptors (Lipinski definition) is 7. The Kier molecular flexibility index (Phi) is 6.64. The molecule has 2 aromatic rings. The minimum atomic E-state index is -0.568. The zero-order valence-electron chi connectivity index (χ0n) is 18.0. The smallest absolute Gasteiger partial charge is 0.341 e. The van der Waals surface area contributed by atoms with E-state index in [1.165, 1.54) is 36.6 Å². The van der Waals surface area contributed by atoms with Crippen molar-refractivity contribution in [3.8, 4) is 5.75 Å². The van der Waals surface area contributed by atoms with Crippen molar-refractivity contribution in [1.82, 2.24) is 0 Å². The van der Waals surface area contributed by atoms with Gasteiger partial charge in [-0.25, -0.2) is 4.79 Å². The van der Waals surface area contributed by atoms with Crippen molar-refractivity contribution in [2.24, 2.45) is 11.3 Å². The van der Waals surface area contributed by atoms with Gasteiger partial charge in [0.05, 0.1) is 17.6 Å². The molecule has 0 aliphatic heterocycles. The molecule has 1 aromatic carbocycles. The monoisotopic (exact) mass is 446 g/mol. The number of nitrogens with zero attached hydrogens (tertiary/aromatic N) is 1. The summed E-state index contributed by atoms with van der Waals surface area (Å²) in [6, 6.07) is 5.85. The molecule has 1 aromatic heterocycles. The number of amides is 1. The lowest BCUT2D eigenvalue weighted by atomic mass is 9.72. The van der Waals surface area contributed by atoms with Crippen LogP contribution in [0.15, 0.2) is 24.3 Å². The van der Waals surface area contributed by atoms with Gasteiger partial charge in [0, 0.05) is 10.9 Å². The van der Waals surface area contributed by atoms with Crippen LogP contribution in [-0.4, -0.2) is 30.5 Å². The summed E-state index contributed by atoms with van der Waals surface area (Å²) in [5.74, 6) is -0.500. The molecule has 1 atom stereocenters. The quantitative estimate of drug-likeness (QED) is 0.394. The summed E-state index contributed by atoms with van der Waals surface area (Å²) < 4.78 is 10.3. The van der Waals surface area contributed by atoms with Crippen LogP contribution in [-0.2, 0) is 22.4 Å². The van der Waals surface area contributed by atoms with Crippen molar-refractivity contribution in [3.05, 3.63) is 50.4 Å². The minimum Gasteiger partial charge on any atom is -0.477 e. The highest BCUT2D eigenvalue weighted by Gasteiger charge is 2.34. The highest BCUT2D eigenvalue weighted by atomic mass is 32.1. The van der Waals surface area contributed by atoms with Crippen LogP contribution < -0.4 is 10.1 Å². The first-order valence-electron chi connectivity index (χ1n) is 10.0. The number of fused-ring (bicyclic) bond motifs is 1. The van der Waals surface area contributed by atoms with E-state index < -0.39 is 23.4 Å². The second-order valence-electron chi connectivity index (χ2n) is 8.57. The maximum absolute atomic E-state index is 12.5. The van der Waals surface area contributed by atoms with Gasteiger partial charge in [-0.2, -0.15) is 0 Å². The molecule has 1 heterocycles. The van der Waals surface area contributed by atoms with Crippen LogP contribution in [0.1, 0.15) is 48.0 Å². The van der Waals surface area contributed by atoms with Gasteiger partial charge in [0.25, 0.3) is 5.91 Å². The Balaban J connectivity index is 1.78. The third-order valence-corrected chi connectivity index (χ3v) is 6.72. The average molecular weight is 447 g/mol. The van der Waals surface area contributed by atoms with Crippen molar-refractivity contribution < 1.29 is 24.0 Å². The number of nitro benzene ring substituents is 1. The number of carbonyl (C=O) groups is 2. The van der Waals surface area contributed by atoms with Crippen LogP contribution >= 0.6 is 11.3 Å².